The van der Waals surface area contributed by atoms with E-state index in [9.17, 15) is 9.59 Å². The summed E-state index contributed by atoms with van der Waals surface area (Å²) >= 11 is 1.53. The van der Waals surface area contributed by atoms with E-state index in [0.29, 0.717) is 11.0 Å². The summed E-state index contributed by atoms with van der Waals surface area (Å²) in [7, 11) is 0. The minimum absolute atomic E-state index is 0.0816. The van der Waals surface area contributed by atoms with Crippen LogP contribution in [0.5, 0.6) is 0 Å². The van der Waals surface area contributed by atoms with Crippen molar-refractivity contribution in [2.75, 3.05) is 11.9 Å². The zero-order valence-electron chi connectivity index (χ0n) is 13.2. The molecule has 0 fully saturated rings. The highest BCUT2D eigenvalue weighted by Crippen LogP contribution is 2.36. The van der Waals surface area contributed by atoms with E-state index in [4.69, 9.17) is 0 Å². The second-order valence-electron chi connectivity index (χ2n) is 5.71. The number of hydrogen-bond acceptors (Lipinski definition) is 4. The summed E-state index contributed by atoms with van der Waals surface area (Å²) in [6.07, 6.45) is 4.09. The molecule has 0 radical (unpaired) electrons. The first-order valence-corrected chi connectivity index (χ1v) is 8.71. The number of aryl methyl sites for hydroxylation is 1. The Bertz CT molecular complexity index is 755. The topological polar surface area (TPSA) is 71.1 Å². The van der Waals surface area contributed by atoms with Gasteiger partial charge in [-0.2, -0.15) is 0 Å². The average molecular weight is 341 g/mol. The van der Waals surface area contributed by atoms with E-state index >= 15 is 0 Å². The van der Waals surface area contributed by atoms with Crippen LogP contribution in [0, 0.1) is 0 Å². The molecule has 1 heterocycles. The number of anilines is 1. The Hall–Kier alpha value is -2.47. The van der Waals surface area contributed by atoms with Gasteiger partial charge < -0.3 is 10.6 Å². The Labute approximate surface area is 144 Å². The van der Waals surface area contributed by atoms with Crippen LogP contribution in [-0.2, 0) is 22.4 Å². The molecule has 1 aromatic heterocycles. The molecule has 2 N–H and O–H groups in total. The van der Waals surface area contributed by atoms with E-state index in [2.05, 4.69) is 46.5 Å². The van der Waals surface area contributed by atoms with Crippen molar-refractivity contribution < 1.29 is 9.59 Å². The SMILES string of the molecule is C=CC(=O)NCC(=O)Nc1nc2c(s1)CC(c1ccccc1)CC2. The van der Waals surface area contributed by atoms with Gasteiger partial charge in [0.05, 0.1) is 12.2 Å². The minimum atomic E-state index is -0.366. The maximum absolute atomic E-state index is 11.8. The Morgan fingerprint density at radius 1 is 1.33 bits per heavy atom. The zero-order valence-corrected chi connectivity index (χ0v) is 14.1. The van der Waals surface area contributed by atoms with E-state index in [1.807, 2.05) is 6.07 Å². The minimum Gasteiger partial charge on any atom is -0.343 e. The van der Waals surface area contributed by atoms with Gasteiger partial charge in [0.15, 0.2) is 5.13 Å². The van der Waals surface area contributed by atoms with Gasteiger partial charge in [0.2, 0.25) is 11.8 Å². The fourth-order valence-corrected chi connectivity index (χ4v) is 3.95. The van der Waals surface area contributed by atoms with Gasteiger partial charge in [-0.3, -0.25) is 9.59 Å². The van der Waals surface area contributed by atoms with Crippen molar-refractivity contribution in [3.63, 3.8) is 0 Å². The number of rotatable bonds is 5. The molecule has 1 unspecified atom stereocenters. The fourth-order valence-electron chi connectivity index (χ4n) is 2.84. The molecule has 6 heteroatoms. The number of aromatic nitrogens is 1. The molecule has 2 amide bonds. The predicted molar refractivity (Wildman–Crippen MR) is 95.2 cm³/mol. The van der Waals surface area contributed by atoms with Crippen LogP contribution >= 0.6 is 11.3 Å². The molecule has 1 aliphatic carbocycles. The highest BCUT2D eigenvalue weighted by molar-refractivity contribution is 7.15. The Morgan fingerprint density at radius 2 is 2.12 bits per heavy atom. The van der Waals surface area contributed by atoms with Crippen LogP contribution in [0.2, 0.25) is 0 Å². The van der Waals surface area contributed by atoms with Crippen LogP contribution in [0.1, 0.15) is 28.5 Å². The molecule has 0 saturated carbocycles. The van der Waals surface area contributed by atoms with Crippen molar-refractivity contribution in [3.8, 4) is 0 Å². The fraction of sp³-hybridized carbons (Fsp3) is 0.278. The van der Waals surface area contributed by atoms with Crippen LogP contribution in [-0.4, -0.2) is 23.3 Å². The lowest BCUT2D eigenvalue weighted by molar-refractivity contribution is -0.121. The number of benzene rings is 1. The quantitative estimate of drug-likeness (QED) is 0.822. The monoisotopic (exact) mass is 341 g/mol. The summed E-state index contributed by atoms with van der Waals surface area (Å²) < 4.78 is 0. The number of nitrogens with one attached hydrogen (secondary N) is 2. The largest absolute Gasteiger partial charge is 0.343 e. The van der Waals surface area contributed by atoms with Crippen molar-refractivity contribution >= 4 is 28.3 Å². The lowest BCUT2D eigenvalue weighted by atomic mass is 9.85. The van der Waals surface area contributed by atoms with Gasteiger partial charge in [-0.25, -0.2) is 4.98 Å². The van der Waals surface area contributed by atoms with Crippen molar-refractivity contribution in [1.29, 1.82) is 0 Å². The highest BCUT2D eigenvalue weighted by atomic mass is 32.1. The molecule has 24 heavy (non-hydrogen) atoms. The average Bonchev–Trinajstić information content (AvgIpc) is 3.01. The molecule has 1 atom stereocenters. The molecule has 1 aliphatic rings. The smallest absolute Gasteiger partial charge is 0.245 e. The molecule has 0 bridgehead atoms. The van der Waals surface area contributed by atoms with Gasteiger partial charge in [-0.15, -0.1) is 11.3 Å². The molecule has 5 nitrogen and oxygen atoms in total. The van der Waals surface area contributed by atoms with Gasteiger partial charge >= 0.3 is 0 Å². The summed E-state index contributed by atoms with van der Waals surface area (Å²) in [6, 6.07) is 10.5. The van der Waals surface area contributed by atoms with E-state index < -0.39 is 0 Å². The van der Waals surface area contributed by atoms with E-state index in [1.54, 1.807) is 0 Å². The van der Waals surface area contributed by atoms with Crippen LogP contribution in [0.3, 0.4) is 0 Å². The summed E-state index contributed by atoms with van der Waals surface area (Å²) in [5.41, 5.74) is 2.44. The second-order valence-corrected chi connectivity index (χ2v) is 6.79. The molecule has 0 saturated heterocycles. The summed E-state index contributed by atoms with van der Waals surface area (Å²) in [6.45, 7) is 3.26. The van der Waals surface area contributed by atoms with Crippen molar-refractivity contribution in [2.24, 2.45) is 0 Å². The standard InChI is InChI=1S/C18H19N3O2S/c1-2-16(22)19-11-17(23)21-18-20-14-9-8-13(10-15(14)24-18)12-6-4-3-5-7-12/h2-7,13H,1,8-11H2,(H,19,22)(H,20,21,23). The first-order chi connectivity index (χ1) is 11.7. The summed E-state index contributed by atoms with van der Waals surface area (Å²) in [4.78, 5) is 28.7. The molecule has 1 aromatic carbocycles. The third-order valence-corrected chi connectivity index (χ3v) is 5.10. The molecular formula is C18H19N3O2S. The number of hydrogen-bond donors (Lipinski definition) is 2. The second kappa shape index (κ2) is 7.40. The lowest BCUT2D eigenvalue weighted by Gasteiger charge is -2.21. The third kappa shape index (κ3) is 3.89. The normalized spacial score (nSPS) is 16.1. The van der Waals surface area contributed by atoms with Gasteiger partial charge in [0.25, 0.3) is 0 Å². The Kier molecular flexibility index (Phi) is 5.05. The number of nitrogens with zero attached hydrogens (tertiary/aromatic N) is 1. The summed E-state index contributed by atoms with van der Waals surface area (Å²) in [5, 5.41) is 5.81. The number of carbonyl (C=O) groups excluding carboxylic acids is 2. The Balaban J connectivity index is 1.62. The molecule has 124 valence electrons. The highest BCUT2D eigenvalue weighted by Gasteiger charge is 2.24. The first-order valence-electron chi connectivity index (χ1n) is 7.89. The van der Waals surface area contributed by atoms with Crippen molar-refractivity contribution in [3.05, 3.63) is 59.1 Å². The van der Waals surface area contributed by atoms with Crippen molar-refractivity contribution in [1.82, 2.24) is 10.3 Å². The maximum atomic E-state index is 11.8. The van der Waals surface area contributed by atoms with Crippen LogP contribution in [0.4, 0.5) is 5.13 Å². The predicted octanol–water partition coefficient (Wildman–Crippen LogP) is 2.66. The van der Waals surface area contributed by atoms with E-state index in [1.165, 1.54) is 21.8 Å². The molecule has 0 aliphatic heterocycles. The number of fused-ring (bicyclic) bond motifs is 1. The van der Waals surface area contributed by atoms with Gasteiger partial charge in [-0.1, -0.05) is 36.9 Å². The summed E-state index contributed by atoms with van der Waals surface area (Å²) in [5.74, 6) is -0.139. The van der Waals surface area contributed by atoms with E-state index in [-0.39, 0.29) is 18.4 Å². The molecule has 3 rings (SSSR count). The maximum Gasteiger partial charge on any atom is 0.245 e. The van der Waals surface area contributed by atoms with Gasteiger partial charge in [-0.05, 0) is 36.8 Å². The van der Waals surface area contributed by atoms with Crippen LogP contribution < -0.4 is 10.6 Å². The third-order valence-electron chi connectivity index (χ3n) is 4.07. The molecule has 0 spiro atoms. The van der Waals surface area contributed by atoms with Gasteiger partial charge in [0, 0.05) is 4.88 Å². The van der Waals surface area contributed by atoms with Gasteiger partial charge in [0.1, 0.15) is 0 Å². The number of amides is 2. The van der Waals surface area contributed by atoms with E-state index in [0.717, 1.165) is 31.0 Å². The lowest BCUT2D eigenvalue weighted by Crippen LogP contribution is -2.31. The van der Waals surface area contributed by atoms with Crippen LogP contribution in [0.15, 0.2) is 43.0 Å². The number of thiazole rings is 1. The van der Waals surface area contributed by atoms with Crippen molar-refractivity contribution in [2.45, 2.75) is 25.2 Å². The first kappa shape index (κ1) is 16.4. The zero-order chi connectivity index (χ0) is 16.9. The molecule has 2 aromatic rings. The van der Waals surface area contributed by atoms with Crippen LogP contribution in [0.25, 0.3) is 0 Å². The Morgan fingerprint density at radius 3 is 2.88 bits per heavy atom. The molecular weight excluding hydrogens is 322 g/mol. The number of carbonyl (C=O) groups is 2.